The standard InChI is InChI=1S/C50H31NOS/c1-2-13-35-30-47-44(29-34(35)12-1)50-42(19-10-21-46(50)52-47)40-16-5-7-20-45(40)51(37-27-28-49-43(31-37)41-17-6-8-22-48(41)53-49)36-25-23-33(24-26-36)39-18-9-14-32-11-3-4-15-38(32)39/h1-31H. The molecule has 0 spiro atoms. The molecule has 0 N–H and O–H groups in total. The number of nitrogens with zero attached hydrogens (tertiary/aromatic N) is 1. The minimum atomic E-state index is 0.889. The Labute approximate surface area is 310 Å². The molecule has 0 radical (unpaired) electrons. The van der Waals surface area contributed by atoms with Crippen molar-refractivity contribution in [2.24, 2.45) is 0 Å². The summed E-state index contributed by atoms with van der Waals surface area (Å²) >= 11 is 1.85. The maximum atomic E-state index is 6.55. The molecule has 248 valence electrons. The Balaban J connectivity index is 1.14. The van der Waals surface area contributed by atoms with Crippen molar-refractivity contribution in [3.8, 4) is 22.3 Å². The third-order valence-corrected chi connectivity index (χ3v) is 11.8. The Kier molecular flexibility index (Phi) is 6.76. The van der Waals surface area contributed by atoms with Crippen LogP contribution in [-0.4, -0.2) is 0 Å². The SMILES string of the molecule is c1ccc(N(c2ccc(-c3cccc4ccccc34)cc2)c2ccc3sc4ccccc4c3c2)c(-c2cccc3oc4cc5ccccc5cc4c23)c1. The van der Waals surface area contributed by atoms with Crippen molar-refractivity contribution < 1.29 is 4.42 Å². The summed E-state index contributed by atoms with van der Waals surface area (Å²) < 4.78 is 9.14. The second kappa shape index (κ2) is 11.9. The van der Waals surface area contributed by atoms with Crippen LogP contribution in [0, 0.1) is 0 Å². The maximum Gasteiger partial charge on any atom is 0.136 e. The first kappa shape index (κ1) is 30.0. The molecule has 2 nitrogen and oxygen atoms in total. The smallest absolute Gasteiger partial charge is 0.136 e. The van der Waals surface area contributed by atoms with E-state index in [-0.39, 0.29) is 0 Å². The Morgan fingerprint density at radius 3 is 1.91 bits per heavy atom. The number of anilines is 3. The van der Waals surface area contributed by atoms with Gasteiger partial charge in [-0.25, -0.2) is 0 Å². The van der Waals surface area contributed by atoms with Crippen LogP contribution in [0.5, 0.6) is 0 Å². The largest absolute Gasteiger partial charge is 0.456 e. The first-order valence-electron chi connectivity index (χ1n) is 18.0. The Hall–Kier alpha value is -6.68. The van der Waals surface area contributed by atoms with E-state index in [1.165, 1.54) is 52.8 Å². The van der Waals surface area contributed by atoms with Crippen LogP contribution in [0.1, 0.15) is 0 Å². The second-order valence-electron chi connectivity index (χ2n) is 13.7. The predicted molar refractivity (Wildman–Crippen MR) is 227 cm³/mol. The van der Waals surface area contributed by atoms with Crippen LogP contribution in [-0.2, 0) is 0 Å². The molecule has 0 saturated heterocycles. The summed E-state index contributed by atoms with van der Waals surface area (Å²) in [6.07, 6.45) is 0. The van der Waals surface area contributed by atoms with Crippen molar-refractivity contribution in [3.63, 3.8) is 0 Å². The van der Waals surface area contributed by atoms with Gasteiger partial charge in [-0.3, -0.25) is 0 Å². The molecule has 0 aliphatic heterocycles. The fraction of sp³-hybridized carbons (Fsp3) is 0. The van der Waals surface area contributed by atoms with Crippen molar-refractivity contribution in [1.29, 1.82) is 0 Å². The lowest BCUT2D eigenvalue weighted by molar-refractivity contribution is 0.669. The summed E-state index contributed by atoms with van der Waals surface area (Å²) in [6, 6.07) is 68.1. The van der Waals surface area contributed by atoms with E-state index < -0.39 is 0 Å². The van der Waals surface area contributed by atoms with Crippen LogP contribution in [0.3, 0.4) is 0 Å². The van der Waals surface area contributed by atoms with Crippen LogP contribution >= 0.6 is 11.3 Å². The number of benzene rings is 9. The molecule has 0 aliphatic carbocycles. The monoisotopic (exact) mass is 693 g/mol. The fourth-order valence-electron chi connectivity index (χ4n) is 8.18. The summed E-state index contributed by atoms with van der Waals surface area (Å²) in [4.78, 5) is 2.42. The number of hydrogen-bond acceptors (Lipinski definition) is 3. The molecule has 2 aromatic heterocycles. The summed E-state index contributed by atoms with van der Waals surface area (Å²) in [6.45, 7) is 0. The minimum Gasteiger partial charge on any atom is -0.456 e. The van der Waals surface area contributed by atoms with Gasteiger partial charge in [-0.05, 0) is 98.9 Å². The maximum absolute atomic E-state index is 6.55. The van der Waals surface area contributed by atoms with Crippen molar-refractivity contribution >= 4 is 92.1 Å². The van der Waals surface area contributed by atoms with Gasteiger partial charge in [0.15, 0.2) is 0 Å². The summed E-state index contributed by atoms with van der Waals surface area (Å²) in [7, 11) is 0. The highest BCUT2D eigenvalue weighted by Gasteiger charge is 2.21. The molecule has 0 bridgehead atoms. The van der Waals surface area contributed by atoms with Crippen LogP contribution in [0.2, 0.25) is 0 Å². The summed E-state index contributed by atoms with van der Waals surface area (Å²) in [5.74, 6) is 0. The Bertz CT molecular complexity index is 3180. The van der Waals surface area contributed by atoms with Crippen LogP contribution < -0.4 is 4.90 Å². The van der Waals surface area contributed by atoms with Crippen LogP contribution in [0.4, 0.5) is 17.1 Å². The highest BCUT2D eigenvalue weighted by atomic mass is 32.1. The molecule has 2 heterocycles. The molecule has 11 aromatic rings. The molecular weight excluding hydrogens is 663 g/mol. The lowest BCUT2D eigenvalue weighted by atomic mass is 9.95. The third kappa shape index (κ3) is 4.86. The van der Waals surface area contributed by atoms with E-state index >= 15 is 0 Å². The third-order valence-electron chi connectivity index (χ3n) is 10.6. The Morgan fingerprint density at radius 1 is 0.377 bits per heavy atom. The summed E-state index contributed by atoms with van der Waals surface area (Å²) in [5, 5.41) is 9.70. The molecule has 0 atom stereocenters. The van der Waals surface area contributed by atoms with Gasteiger partial charge in [-0.2, -0.15) is 0 Å². The van der Waals surface area contributed by atoms with Gasteiger partial charge in [-0.15, -0.1) is 11.3 Å². The molecular formula is C50H31NOS. The molecule has 11 rings (SSSR count). The lowest BCUT2D eigenvalue weighted by Crippen LogP contribution is -2.11. The molecule has 0 saturated carbocycles. The van der Waals surface area contributed by atoms with Gasteiger partial charge in [0.25, 0.3) is 0 Å². The van der Waals surface area contributed by atoms with Crippen molar-refractivity contribution in [1.82, 2.24) is 0 Å². The van der Waals surface area contributed by atoms with Gasteiger partial charge in [0.2, 0.25) is 0 Å². The van der Waals surface area contributed by atoms with Crippen molar-refractivity contribution in [2.45, 2.75) is 0 Å². The number of fused-ring (bicyclic) bond motifs is 8. The average molecular weight is 694 g/mol. The van der Waals surface area contributed by atoms with E-state index in [4.69, 9.17) is 4.42 Å². The highest BCUT2D eigenvalue weighted by Crippen LogP contribution is 2.47. The van der Waals surface area contributed by atoms with Gasteiger partial charge in [0, 0.05) is 47.9 Å². The molecule has 0 fully saturated rings. The van der Waals surface area contributed by atoms with E-state index in [1.807, 2.05) is 11.3 Å². The lowest BCUT2D eigenvalue weighted by Gasteiger charge is -2.28. The summed E-state index contributed by atoms with van der Waals surface area (Å²) in [5.41, 5.74) is 9.82. The number of para-hydroxylation sites is 1. The van der Waals surface area contributed by atoms with Crippen LogP contribution in [0.15, 0.2) is 192 Å². The fourth-order valence-corrected chi connectivity index (χ4v) is 9.27. The van der Waals surface area contributed by atoms with Crippen molar-refractivity contribution in [3.05, 3.63) is 188 Å². The van der Waals surface area contributed by atoms with Gasteiger partial charge in [-0.1, -0.05) is 127 Å². The van der Waals surface area contributed by atoms with E-state index in [1.54, 1.807) is 0 Å². The van der Waals surface area contributed by atoms with E-state index in [2.05, 4.69) is 193 Å². The first-order chi connectivity index (χ1) is 26.3. The quantitative estimate of drug-likeness (QED) is 0.178. The molecule has 3 heteroatoms. The van der Waals surface area contributed by atoms with E-state index in [0.717, 1.165) is 50.1 Å². The van der Waals surface area contributed by atoms with Gasteiger partial charge in [0.1, 0.15) is 11.2 Å². The second-order valence-corrected chi connectivity index (χ2v) is 14.8. The molecule has 0 unspecified atom stereocenters. The Morgan fingerprint density at radius 2 is 1.02 bits per heavy atom. The number of rotatable bonds is 5. The van der Waals surface area contributed by atoms with Gasteiger partial charge < -0.3 is 9.32 Å². The van der Waals surface area contributed by atoms with Crippen molar-refractivity contribution in [2.75, 3.05) is 4.90 Å². The molecule has 0 aliphatic rings. The zero-order valence-electron chi connectivity index (χ0n) is 28.7. The van der Waals surface area contributed by atoms with E-state index in [0.29, 0.717) is 0 Å². The molecule has 9 aromatic carbocycles. The van der Waals surface area contributed by atoms with E-state index in [9.17, 15) is 0 Å². The highest BCUT2D eigenvalue weighted by molar-refractivity contribution is 7.25. The molecule has 53 heavy (non-hydrogen) atoms. The normalized spacial score (nSPS) is 11.8. The van der Waals surface area contributed by atoms with Gasteiger partial charge >= 0.3 is 0 Å². The minimum absolute atomic E-state index is 0.889. The number of thiophene rings is 1. The van der Waals surface area contributed by atoms with Crippen LogP contribution in [0.25, 0.3) is 85.9 Å². The average Bonchev–Trinajstić information content (AvgIpc) is 3.78. The molecule has 0 amide bonds. The number of hydrogen-bond donors (Lipinski definition) is 0. The zero-order chi connectivity index (χ0) is 34.9. The van der Waals surface area contributed by atoms with Gasteiger partial charge in [0.05, 0.1) is 5.69 Å². The topological polar surface area (TPSA) is 16.4 Å². The zero-order valence-corrected chi connectivity index (χ0v) is 29.5. The predicted octanol–water partition coefficient (Wildman–Crippen LogP) is 15.1. The first-order valence-corrected chi connectivity index (χ1v) is 18.8. The number of furan rings is 1.